The second kappa shape index (κ2) is 7.27. The van der Waals surface area contributed by atoms with Crippen LogP contribution in [0.2, 0.25) is 5.02 Å². The number of hydrogen-bond donors (Lipinski definition) is 1. The first-order chi connectivity index (χ1) is 10.1. The van der Waals surface area contributed by atoms with Gasteiger partial charge < -0.3 is 10.2 Å². The summed E-state index contributed by atoms with van der Waals surface area (Å²) < 4.78 is 0. The minimum atomic E-state index is 0.755. The largest absolute Gasteiger partial charge is 0.370 e. The van der Waals surface area contributed by atoms with Crippen molar-refractivity contribution in [2.75, 3.05) is 23.8 Å². The first-order valence-electron chi connectivity index (χ1n) is 7.13. The number of anilines is 2. The van der Waals surface area contributed by atoms with Crippen molar-refractivity contribution in [1.82, 2.24) is 9.97 Å². The Morgan fingerprint density at radius 3 is 2.57 bits per heavy atom. The minimum Gasteiger partial charge on any atom is -0.370 e. The van der Waals surface area contributed by atoms with Crippen molar-refractivity contribution in [3.8, 4) is 0 Å². The lowest BCUT2D eigenvalue weighted by Crippen LogP contribution is -2.20. The standard InChI is InChI=1S/C16H21ClN4/c1-4-9-18-15-12(2)16(20-11-19-15)21(3)10-13-5-7-14(17)8-6-13/h5-8,11H,4,9-10H2,1-3H3,(H,18,19,20). The lowest BCUT2D eigenvalue weighted by atomic mass is 10.2. The molecule has 0 aliphatic heterocycles. The zero-order chi connectivity index (χ0) is 15.2. The van der Waals surface area contributed by atoms with Gasteiger partial charge >= 0.3 is 0 Å². The molecule has 0 fully saturated rings. The predicted molar refractivity (Wildman–Crippen MR) is 89.1 cm³/mol. The molecular formula is C16H21ClN4. The van der Waals surface area contributed by atoms with E-state index in [1.165, 1.54) is 5.56 Å². The zero-order valence-corrected chi connectivity index (χ0v) is 13.5. The average molecular weight is 305 g/mol. The van der Waals surface area contributed by atoms with E-state index in [-0.39, 0.29) is 0 Å². The summed E-state index contributed by atoms with van der Waals surface area (Å²) in [5.41, 5.74) is 2.27. The van der Waals surface area contributed by atoms with Crippen LogP contribution in [-0.2, 0) is 6.54 Å². The van der Waals surface area contributed by atoms with Gasteiger partial charge in [0.1, 0.15) is 18.0 Å². The maximum atomic E-state index is 5.92. The fraction of sp³-hybridized carbons (Fsp3) is 0.375. The fourth-order valence-corrected chi connectivity index (χ4v) is 2.31. The number of nitrogens with one attached hydrogen (secondary N) is 1. The number of hydrogen-bond acceptors (Lipinski definition) is 4. The normalized spacial score (nSPS) is 10.5. The molecule has 0 saturated carbocycles. The number of rotatable bonds is 6. The Morgan fingerprint density at radius 1 is 1.19 bits per heavy atom. The highest BCUT2D eigenvalue weighted by atomic mass is 35.5. The number of nitrogens with zero attached hydrogens (tertiary/aromatic N) is 3. The van der Waals surface area contributed by atoms with Crippen LogP contribution in [0.4, 0.5) is 11.6 Å². The maximum Gasteiger partial charge on any atom is 0.137 e. The molecule has 0 bridgehead atoms. The topological polar surface area (TPSA) is 41.1 Å². The van der Waals surface area contributed by atoms with Gasteiger partial charge in [0.25, 0.3) is 0 Å². The summed E-state index contributed by atoms with van der Waals surface area (Å²) in [5, 5.41) is 4.09. The molecule has 0 aliphatic carbocycles. The SMILES string of the molecule is CCCNc1ncnc(N(C)Cc2ccc(Cl)cc2)c1C. The van der Waals surface area contributed by atoms with E-state index < -0.39 is 0 Å². The maximum absolute atomic E-state index is 5.92. The number of halogens is 1. The Morgan fingerprint density at radius 2 is 1.90 bits per heavy atom. The van der Waals surface area contributed by atoms with Crippen LogP contribution in [0.5, 0.6) is 0 Å². The first-order valence-corrected chi connectivity index (χ1v) is 7.50. The molecule has 0 unspecified atom stereocenters. The van der Waals surface area contributed by atoms with Crippen LogP contribution in [0.15, 0.2) is 30.6 Å². The van der Waals surface area contributed by atoms with Gasteiger partial charge in [-0.2, -0.15) is 0 Å². The van der Waals surface area contributed by atoms with Crippen LogP contribution in [0.25, 0.3) is 0 Å². The quantitative estimate of drug-likeness (QED) is 0.879. The van der Waals surface area contributed by atoms with Crippen molar-refractivity contribution in [2.24, 2.45) is 0 Å². The molecule has 1 N–H and O–H groups in total. The molecule has 4 nitrogen and oxygen atoms in total. The molecule has 0 radical (unpaired) electrons. The summed E-state index contributed by atoms with van der Waals surface area (Å²) >= 11 is 5.92. The van der Waals surface area contributed by atoms with Gasteiger partial charge in [0, 0.05) is 30.7 Å². The molecule has 0 spiro atoms. The molecule has 21 heavy (non-hydrogen) atoms. The lowest BCUT2D eigenvalue weighted by molar-refractivity contribution is 0.878. The molecule has 1 aromatic heterocycles. The molecular weight excluding hydrogens is 284 g/mol. The lowest BCUT2D eigenvalue weighted by Gasteiger charge is -2.21. The van der Waals surface area contributed by atoms with E-state index in [9.17, 15) is 0 Å². The molecule has 0 saturated heterocycles. The summed E-state index contributed by atoms with van der Waals surface area (Å²) in [5.74, 6) is 1.85. The second-order valence-electron chi connectivity index (χ2n) is 5.08. The smallest absolute Gasteiger partial charge is 0.137 e. The molecule has 1 aromatic carbocycles. The van der Waals surface area contributed by atoms with Gasteiger partial charge in [-0.3, -0.25) is 0 Å². The highest BCUT2D eigenvalue weighted by molar-refractivity contribution is 6.30. The van der Waals surface area contributed by atoms with Crippen LogP contribution in [0.3, 0.4) is 0 Å². The van der Waals surface area contributed by atoms with Gasteiger partial charge in [-0.15, -0.1) is 0 Å². The van der Waals surface area contributed by atoms with Gasteiger partial charge in [0.2, 0.25) is 0 Å². The molecule has 0 atom stereocenters. The summed E-state index contributed by atoms with van der Waals surface area (Å²) in [6, 6.07) is 7.88. The van der Waals surface area contributed by atoms with E-state index in [0.29, 0.717) is 0 Å². The van der Waals surface area contributed by atoms with Gasteiger partial charge in [0.15, 0.2) is 0 Å². The summed E-state index contributed by atoms with van der Waals surface area (Å²) in [6.07, 6.45) is 2.68. The van der Waals surface area contributed by atoms with Crippen molar-refractivity contribution in [2.45, 2.75) is 26.8 Å². The summed E-state index contributed by atoms with van der Waals surface area (Å²) in [6.45, 7) is 5.88. The Bertz CT molecular complexity index is 583. The van der Waals surface area contributed by atoms with Crippen molar-refractivity contribution >= 4 is 23.2 Å². The predicted octanol–water partition coefficient (Wildman–Crippen LogP) is 3.90. The van der Waals surface area contributed by atoms with Crippen LogP contribution in [0.1, 0.15) is 24.5 Å². The highest BCUT2D eigenvalue weighted by Gasteiger charge is 2.11. The van der Waals surface area contributed by atoms with E-state index in [1.54, 1.807) is 6.33 Å². The minimum absolute atomic E-state index is 0.755. The van der Waals surface area contributed by atoms with Gasteiger partial charge in [0.05, 0.1) is 0 Å². The van der Waals surface area contributed by atoms with E-state index in [4.69, 9.17) is 11.6 Å². The van der Waals surface area contributed by atoms with Crippen molar-refractivity contribution in [3.63, 3.8) is 0 Å². The number of aromatic nitrogens is 2. The van der Waals surface area contributed by atoms with Crippen LogP contribution in [-0.4, -0.2) is 23.6 Å². The van der Waals surface area contributed by atoms with E-state index in [0.717, 1.165) is 41.7 Å². The molecule has 1 heterocycles. The molecule has 0 aliphatic rings. The Labute approximate surface area is 131 Å². The number of benzene rings is 1. The van der Waals surface area contributed by atoms with Gasteiger partial charge in [-0.25, -0.2) is 9.97 Å². The molecule has 2 rings (SSSR count). The fourth-order valence-electron chi connectivity index (χ4n) is 2.19. The van der Waals surface area contributed by atoms with Crippen LogP contribution < -0.4 is 10.2 Å². The van der Waals surface area contributed by atoms with E-state index in [2.05, 4.69) is 27.1 Å². The highest BCUT2D eigenvalue weighted by Crippen LogP contribution is 2.22. The third kappa shape index (κ3) is 4.08. The Balaban J connectivity index is 2.14. The monoisotopic (exact) mass is 304 g/mol. The van der Waals surface area contributed by atoms with Crippen LogP contribution in [0, 0.1) is 6.92 Å². The van der Waals surface area contributed by atoms with Crippen LogP contribution >= 0.6 is 11.6 Å². The van der Waals surface area contributed by atoms with Crippen molar-refractivity contribution in [1.29, 1.82) is 0 Å². The molecule has 0 amide bonds. The van der Waals surface area contributed by atoms with Crippen molar-refractivity contribution in [3.05, 3.63) is 46.7 Å². The molecule has 5 heteroatoms. The Kier molecular flexibility index (Phi) is 5.39. The average Bonchev–Trinajstić information content (AvgIpc) is 2.48. The van der Waals surface area contributed by atoms with Gasteiger partial charge in [-0.05, 0) is 31.0 Å². The second-order valence-corrected chi connectivity index (χ2v) is 5.52. The summed E-state index contributed by atoms with van der Waals surface area (Å²) in [7, 11) is 2.04. The van der Waals surface area contributed by atoms with Gasteiger partial charge in [-0.1, -0.05) is 30.7 Å². The third-order valence-corrected chi connectivity index (χ3v) is 3.55. The van der Waals surface area contributed by atoms with E-state index in [1.807, 2.05) is 38.2 Å². The third-order valence-electron chi connectivity index (χ3n) is 3.29. The summed E-state index contributed by atoms with van der Waals surface area (Å²) in [4.78, 5) is 10.8. The van der Waals surface area contributed by atoms with Crippen molar-refractivity contribution < 1.29 is 0 Å². The zero-order valence-electron chi connectivity index (χ0n) is 12.7. The Hall–Kier alpha value is -1.81. The first kappa shape index (κ1) is 15.6. The molecule has 2 aromatic rings. The van der Waals surface area contributed by atoms with E-state index >= 15 is 0 Å². The molecule has 112 valence electrons.